The fourth-order valence-corrected chi connectivity index (χ4v) is 4.82. The third kappa shape index (κ3) is 3.31. The Morgan fingerprint density at radius 1 is 1.26 bits per heavy atom. The van der Waals surface area contributed by atoms with E-state index in [-0.39, 0.29) is 17.6 Å². The van der Waals surface area contributed by atoms with Crippen LogP contribution in [0.3, 0.4) is 0 Å². The van der Waals surface area contributed by atoms with Crippen LogP contribution in [0.15, 0.2) is 35.5 Å². The van der Waals surface area contributed by atoms with Crippen molar-refractivity contribution in [2.75, 3.05) is 27.2 Å². The van der Waals surface area contributed by atoms with E-state index in [4.69, 9.17) is 4.74 Å². The molecule has 162 valence electrons. The van der Waals surface area contributed by atoms with E-state index in [9.17, 15) is 4.79 Å². The number of pyridine rings is 1. The van der Waals surface area contributed by atoms with Crippen molar-refractivity contribution >= 4 is 16.7 Å². The fourth-order valence-electron chi connectivity index (χ4n) is 4.82. The topological polar surface area (TPSA) is 80.5 Å². The van der Waals surface area contributed by atoms with Crippen LogP contribution in [-0.2, 0) is 0 Å². The predicted octanol–water partition coefficient (Wildman–Crippen LogP) is 3.44. The second-order valence-electron chi connectivity index (χ2n) is 8.80. The molecule has 1 unspecified atom stereocenters. The van der Waals surface area contributed by atoms with E-state index in [1.54, 1.807) is 11.6 Å². The molecular formula is C23H28N6O2. The van der Waals surface area contributed by atoms with Gasteiger partial charge in [-0.2, -0.15) is 5.10 Å². The van der Waals surface area contributed by atoms with Gasteiger partial charge in [-0.25, -0.2) is 14.3 Å². The summed E-state index contributed by atoms with van der Waals surface area (Å²) < 4.78 is 9.25. The Kier molecular flexibility index (Phi) is 4.81. The van der Waals surface area contributed by atoms with Crippen LogP contribution in [0.4, 0.5) is 0 Å². The van der Waals surface area contributed by atoms with Crippen molar-refractivity contribution in [2.24, 2.45) is 0 Å². The van der Waals surface area contributed by atoms with Gasteiger partial charge in [0.1, 0.15) is 6.33 Å². The van der Waals surface area contributed by atoms with E-state index in [1.165, 1.54) is 11.9 Å². The molecule has 0 amide bonds. The number of likely N-dealkylation sites (N-methyl/N-ethyl adjacent to an activating group) is 1. The zero-order valence-corrected chi connectivity index (χ0v) is 18.4. The van der Waals surface area contributed by atoms with E-state index >= 15 is 0 Å². The largest absolute Gasteiger partial charge is 0.493 e. The molecule has 4 aromatic rings. The van der Waals surface area contributed by atoms with E-state index < -0.39 is 0 Å². The minimum atomic E-state index is -0.0357. The molecule has 0 saturated carbocycles. The van der Waals surface area contributed by atoms with Crippen molar-refractivity contribution in [3.63, 3.8) is 0 Å². The highest BCUT2D eigenvalue weighted by Gasteiger charge is 2.24. The van der Waals surface area contributed by atoms with Crippen molar-refractivity contribution in [3.8, 4) is 16.9 Å². The number of nitrogens with zero attached hydrogens (tertiary/aromatic N) is 5. The predicted molar refractivity (Wildman–Crippen MR) is 121 cm³/mol. The number of methoxy groups -OCH3 is 1. The molecule has 1 N–H and O–H groups in total. The van der Waals surface area contributed by atoms with Gasteiger partial charge >= 0.3 is 5.69 Å². The van der Waals surface area contributed by atoms with Crippen molar-refractivity contribution in [2.45, 2.75) is 38.6 Å². The van der Waals surface area contributed by atoms with Crippen LogP contribution in [0.1, 0.15) is 44.2 Å². The lowest BCUT2D eigenvalue weighted by Gasteiger charge is -2.30. The molecule has 1 saturated heterocycles. The number of nitrogens with one attached hydrogen (secondary N) is 1. The van der Waals surface area contributed by atoms with Crippen molar-refractivity contribution < 1.29 is 4.74 Å². The first-order valence-electron chi connectivity index (χ1n) is 10.8. The number of hydrogen-bond acceptors (Lipinski definition) is 5. The summed E-state index contributed by atoms with van der Waals surface area (Å²) in [6, 6.07) is 6.45. The van der Waals surface area contributed by atoms with Gasteiger partial charge in [-0.1, -0.05) is 13.8 Å². The van der Waals surface area contributed by atoms with Crippen LogP contribution in [0.25, 0.3) is 27.8 Å². The number of benzene rings is 1. The molecule has 1 aliphatic heterocycles. The average molecular weight is 421 g/mol. The third-order valence-electron chi connectivity index (χ3n) is 6.35. The fraction of sp³-hybridized carbons (Fsp3) is 0.435. The van der Waals surface area contributed by atoms with Crippen LogP contribution in [0, 0.1) is 0 Å². The molecule has 8 heteroatoms. The molecule has 3 aromatic heterocycles. The van der Waals surface area contributed by atoms with Crippen molar-refractivity contribution in [1.82, 2.24) is 29.0 Å². The molecule has 4 heterocycles. The van der Waals surface area contributed by atoms with Gasteiger partial charge in [0.25, 0.3) is 0 Å². The Hall–Kier alpha value is -3.13. The highest BCUT2D eigenvalue weighted by atomic mass is 16.5. The Morgan fingerprint density at radius 2 is 2.10 bits per heavy atom. The summed E-state index contributed by atoms with van der Waals surface area (Å²) in [5.41, 5.74) is 5.71. The Morgan fingerprint density at radius 3 is 2.84 bits per heavy atom. The van der Waals surface area contributed by atoms with Gasteiger partial charge in [0.05, 0.1) is 24.2 Å². The lowest BCUT2D eigenvalue weighted by Crippen LogP contribution is -2.36. The number of likely N-dealkylation sites (tertiary alicyclic amines) is 1. The van der Waals surface area contributed by atoms with Crippen LogP contribution in [0.5, 0.6) is 5.75 Å². The maximum absolute atomic E-state index is 13.0. The quantitative estimate of drug-likeness (QED) is 0.547. The number of imidazole rings is 1. The number of H-pyrrole nitrogens is 1. The highest BCUT2D eigenvalue weighted by Crippen LogP contribution is 2.36. The number of fused-ring (bicyclic) bond motifs is 2. The summed E-state index contributed by atoms with van der Waals surface area (Å²) in [7, 11) is 3.76. The van der Waals surface area contributed by atoms with E-state index in [1.807, 2.05) is 16.8 Å². The maximum atomic E-state index is 13.0. The van der Waals surface area contributed by atoms with Gasteiger partial charge in [0, 0.05) is 18.3 Å². The maximum Gasteiger partial charge on any atom is 0.326 e. The molecule has 1 aliphatic rings. The van der Waals surface area contributed by atoms with Crippen LogP contribution >= 0.6 is 0 Å². The Balaban J connectivity index is 1.71. The standard InChI is InChI=1S/C23H28N6O2/c1-14(2)17-10-20-19(26-23(30)29(20)16-6-5-7-27(3)12-16)9-18(17)15-8-21(31-4)22-24-13-25-28(22)11-15/h8-11,13-14,16H,5-7,12H2,1-4H3,(H,26,30). The molecule has 1 aromatic carbocycles. The monoisotopic (exact) mass is 420 g/mol. The molecule has 0 spiro atoms. The first-order valence-corrected chi connectivity index (χ1v) is 10.8. The molecule has 31 heavy (non-hydrogen) atoms. The van der Waals surface area contributed by atoms with Crippen LogP contribution in [0.2, 0.25) is 0 Å². The lowest BCUT2D eigenvalue weighted by molar-refractivity contribution is 0.212. The van der Waals surface area contributed by atoms with Crippen LogP contribution in [-0.4, -0.2) is 56.3 Å². The van der Waals surface area contributed by atoms with Crippen molar-refractivity contribution in [1.29, 1.82) is 0 Å². The number of piperidine rings is 1. The second kappa shape index (κ2) is 7.53. The molecule has 1 atom stereocenters. The number of ether oxygens (including phenoxy) is 1. The lowest BCUT2D eigenvalue weighted by atomic mass is 9.92. The highest BCUT2D eigenvalue weighted by molar-refractivity contribution is 5.85. The molecule has 5 rings (SSSR count). The molecular weight excluding hydrogens is 392 g/mol. The summed E-state index contributed by atoms with van der Waals surface area (Å²) in [6.07, 6.45) is 5.61. The van der Waals surface area contributed by atoms with E-state index in [2.05, 4.69) is 53.0 Å². The number of hydrogen-bond donors (Lipinski definition) is 1. The SMILES string of the molecule is COc1cc(-c2cc3[nH]c(=O)n(C4CCCN(C)C4)c3cc2C(C)C)cn2ncnc12. The summed E-state index contributed by atoms with van der Waals surface area (Å²) in [4.78, 5) is 22.6. The summed E-state index contributed by atoms with van der Waals surface area (Å²) in [5, 5.41) is 4.30. The number of rotatable bonds is 4. The summed E-state index contributed by atoms with van der Waals surface area (Å²) in [6.45, 7) is 6.34. The third-order valence-corrected chi connectivity index (χ3v) is 6.35. The summed E-state index contributed by atoms with van der Waals surface area (Å²) >= 11 is 0. The first kappa shape index (κ1) is 19.8. The number of aromatic nitrogens is 5. The average Bonchev–Trinajstić information content (AvgIpc) is 3.34. The second-order valence-corrected chi connectivity index (χ2v) is 8.80. The number of aromatic amines is 1. The van der Waals surface area contributed by atoms with Gasteiger partial charge in [-0.05, 0) is 61.7 Å². The normalized spacial score (nSPS) is 17.8. The van der Waals surface area contributed by atoms with Crippen LogP contribution < -0.4 is 10.4 Å². The zero-order valence-electron chi connectivity index (χ0n) is 18.4. The van der Waals surface area contributed by atoms with E-state index in [0.29, 0.717) is 11.4 Å². The first-order chi connectivity index (χ1) is 15.0. The molecule has 0 radical (unpaired) electrons. The van der Waals surface area contributed by atoms with Gasteiger partial charge in [0.2, 0.25) is 0 Å². The Bertz CT molecular complexity index is 1320. The van der Waals surface area contributed by atoms with Gasteiger partial charge in [-0.15, -0.1) is 0 Å². The molecule has 1 fully saturated rings. The minimum absolute atomic E-state index is 0.0357. The van der Waals surface area contributed by atoms with Crippen molar-refractivity contribution in [3.05, 3.63) is 46.8 Å². The van der Waals surface area contributed by atoms with Gasteiger partial charge in [0.15, 0.2) is 11.4 Å². The zero-order chi connectivity index (χ0) is 21.7. The van der Waals surface area contributed by atoms with E-state index in [0.717, 1.165) is 48.1 Å². The molecule has 8 nitrogen and oxygen atoms in total. The molecule has 0 bridgehead atoms. The smallest absolute Gasteiger partial charge is 0.326 e. The van der Waals surface area contributed by atoms with Gasteiger partial charge < -0.3 is 14.6 Å². The molecule has 0 aliphatic carbocycles. The minimum Gasteiger partial charge on any atom is -0.493 e. The van der Waals surface area contributed by atoms with Gasteiger partial charge in [-0.3, -0.25) is 4.57 Å². The summed E-state index contributed by atoms with van der Waals surface area (Å²) in [5.74, 6) is 0.949. The Labute approximate surface area is 180 Å².